The second-order valence-electron chi connectivity index (χ2n) is 3.41. The minimum Gasteiger partial charge on any atom is -0.330 e. The summed E-state index contributed by atoms with van der Waals surface area (Å²) in [6.45, 7) is 0. The van der Waals surface area contributed by atoms with Crippen molar-refractivity contribution in [2.24, 2.45) is 0 Å². The van der Waals surface area contributed by atoms with Crippen LogP contribution in [0.15, 0.2) is 40.0 Å². The molecular formula is C9H7BrN4O4S. The second-order valence-corrected chi connectivity index (χ2v) is 5.98. The quantitative estimate of drug-likeness (QED) is 0.647. The zero-order valence-electron chi connectivity index (χ0n) is 9.20. The van der Waals surface area contributed by atoms with Crippen molar-refractivity contribution >= 4 is 37.6 Å². The molecular weight excluding hydrogens is 340 g/mol. The number of benzene rings is 1. The van der Waals surface area contributed by atoms with Crippen molar-refractivity contribution in [2.45, 2.75) is 4.90 Å². The first-order valence-corrected chi connectivity index (χ1v) is 7.14. The zero-order valence-corrected chi connectivity index (χ0v) is 11.6. The summed E-state index contributed by atoms with van der Waals surface area (Å²) < 4.78 is 26.7. The Morgan fingerprint density at radius 1 is 1.42 bits per heavy atom. The molecule has 8 nitrogen and oxygen atoms in total. The Labute approximate surface area is 116 Å². The van der Waals surface area contributed by atoms with Crippen molar-refractivity contribution in [3.8, 4) is 0 Å². The van der Waals surface area contributed by atoms with Crippen LogP contribution in [0.5, 0.6) is 0 Å². The van der Waals surface area contributed by atoms with E-state index in [4.69, 9.17) is 0 Å². The number of hydrogen-bond acceptors (Lipinski definition) is 5. The highest BCUT2D eigenvalue weighted by Gasteiger charge is 2.26. The molecule has 0 saturated heterocycles. The molecule has 0 spiro atoms. The summed E-state index contributed by atoms with van der Waals surface area (Å²) in [5.41, 5.74) is -0.512. The van der Waals surface area contributed by atoms with Gasteiger partial charge in [-0.15, -0.1) is 0 Å². The number of nitro benzene ring substituents is 1. The lowest BCUT2D eigenvalue weighted by Gasteiger charge is -2.06. The number of nitrogens with zero attached hydrogens (tertiary/aromatic N) is 2. The predicted octanol–water partition coefficient (Wildman–Crippen LogP) is 1.88. The van der Waals surface area contributed by atoms with Gasteiger partial charge < -0.3 is 4.98 Å². The van der Waals surface area contributed by atoms with Gasteiger partial charge in [0.05, 0.1) is 4.92 Å². The highest BCUT2D eigenvalue weighted by atomic mass is 79.9. The zero-order chi connectivity index (χ0) is 14.0. The predicted molar refractivity (Wildman–Crippen MR) is 70.2 cm³/mol. The number of H-pyrrole nitrogens is 1. The largest absolute Gasteiger partial charge is 0.330 e. The normalized spacial score (nSPS) is 11.2. The average Bonchev–Trinajstić information content (AvgIpc) is 2.80. The summed E-state index contributed by atoms with van der Waals surface area (Å²) in [7, 11) is -4.10. The highest BCUT2D eigenvalue weighted by Crippen LogP contribution is 2.28. The Kier molecular flexibility index (Phi) is 3.53. The maximum Gasteiger partial charge on any atom is 0.289 e. The van der Waals surface area contributed by atoms with E-state index in [1.165, 1.54) is 18.5 Å². The van der Waals surface area contributed by atoms with E-state index < -0.39 is 25.5 Å². The number of halogens is 1. The number of aromatic amines is 1. The number of imidazole rings is 1. The summed E-state index contributed by atoms with van der Waals surface area (Å²) in [6, 6.07) is 3.66. The first-order chi connectivity index (χ1) is 8.90. The van der Waals surface area contributed by atoms with Gasteiger partial charge >= 0.3 is 0 Å². The molecule has 0 aliphatic heterocycles. The van der Waals surface area contributed by atoms with Gasteiger partial charge in [0.15, 0.2) is 4.90 Å². The molecule has 0 atom stereocenters. The number of anilines is 1. The molecule has 0 aliphatic rings. The fraction of sp³-hybridized carbons (Fsp3) is 0. The van der Waals surface area contributed by atoms with Gasteiger partial charge in [0, 0.05) is 22.9 Å². The molecule has 0 saturated carbocycles. The van der Waals surface area contributed by atoms with Gasteiger partial charge in [0.25, 0.3) is 15.7 Å². The lowest BCUT2D eigenvalue weighted by molar-refractivity contribution is -0.387. The first kappa shape index (κ1) is 13.5. The maximum absolute atomic E-state index is 12.1. The third-order valence-electron chi connectivity index (χ3n) is 2.14. The van der Waals surface area contributed by atoms with Crippen LogP contribution in [0, 0.1) is 10.1 Å². The van der Waals surface area contributed by atoms with Gasteiger partial charge in [-0.1, -0.05) is 15.9 Å². The van der Waals surface area contributed by atoms with E-state index in [1.807, 2.05) is 0 Å². The second kappa shape index (κ2) is 4.97. The molecule has 1 heterocycles. The molecule has 1 aromatic heterocycles. The molecule has 0 fully saturated rings. The standard InChI is InChI=1S/C9H7BrN4O4S/c10-6-1-2-7(14(15)16)8(5-6)19(17,18)13-9-11-3-4-12-9/h1-5H,(H2,11,12,13). The Balaban J connectivity index is 2.50. The Morgan fingerprint density at radius 2 is 2.16 bits per heavy atom. The Bertz CT molecular complexity index is 714. The van der Waals surface area contributed by atoms with E-state index >= 15 is 0 Å². The highest BCUT2D eigenvalue weighted by molar-refractivity contribution is 9.10. The van der Waals surface area contributed by atoms with E-state index in [9.17, 15) is 18.5 Å². The van der Waals surface area contributed by atoms with Crippen molar-refractivity contribution in [3.63, 3.8) is 0 Å². The minimum atomic E-state index is -4.10. The van der Waals surface area contributed by atoms with Gasteiger partial charge in [-0.05, 0) is 12.1 Å². The summed E-state index contributed by atoms with van der Waals surface area (Å²) in [4.78, 5) is 15.9. The summed E-state index contributed by atoms with van der Waals surface area (Å²) in [6.07, 6.45) is 2.78. The van der Waals surface area contributed by atoms with E-state index in [0.29, 0.717) is 4.47 Å². The number of nitrogens with one attached hydrogen (secondary N) is 2. The lowest BCUT2D eigenvalue weighted by atomic mass is 10.3. The molecule has 2 rings (SSSR count). The number of hydrogen-bond donors (Lipinski definition) is 2. The molecule has 1 aromatic carbocycles. The average molecular weight is 347 g/mol. The minimum absolute atomic E-state index is 0.0192. The smallest absolute Gasteiger partial charge is 0.289 e. The first-order valence-electron chi connectivity index (χ1n) is 4.86. The van der Waals surface area contributed by atoms with Crippen LogP contribution in [0.3, 0.4) is 0 Å². The maximum atomic E-state index is 12.1. The van der Waals surface area contributed by atoms with Crippen molar-refractivity contribution in [1.29, 1.82) is 0 Å². The third-order valence-corrected chi connectivity index (χ3v) is 4.00. The Hall–Kier alpha value is -1.94. The van der Waals surface area contributed by atoms with Crippen LogP contribution in [0.2, 0.25) is 0 Å². The lowest BCUT2D eigenvalue weighted by Crippen LogP contribution is -2.15. The van der Waals surface area contributed by atoms with Crippen molar-refractivity contribution < 1.29 is 13.3 Å². The monoisotopic (exact) mass is 346 g/mol. The number of nitro groups is 1. The summed E-state index contributed by atoms with van der Waals surface area (Å²) in [5.74, 6) is -0.0192. The van der Waals surface area contributed by atoms with Crippen LogP contribution < -0.4 is 4.72 Å². The molecule has 0 unspecified atom stereocenters. The van der Waals surface area contributed by atoms with Gasteiger partial charge in [0.1, 0.15) is 0 Å². The molecule has 2 N–H and O–H groups in total. The van der Waals surface area contributed by atoms with Crippen LogP contribution in [0.1, 0.15) is 0 Å². The molecule has 100 valence electrons. The summed E-state index contributed by atoms with van der Waals surface area (Å²) in [5, 5.41) is 10.9. The van der Waals surface area contributed by atoms with Crippen molar-refractivity contribution in [1.82, 2.24) is 9.97 Å². The van der Waals surface area contributed by atoms with Gasteiger partial charge in [-0.2, -0.15) is 0 Å². The molecule has 0 aliphatic carbocycles. The molecule has 2 aromatic rings. The summed E-state index contributed by atoms with van der Waals surface area (Å²) >= 11 is 3.08. The molecule has 0 radical (unpaired) electrons. The molecule has 19 heavy (non-hydrogen) atoms. The van der Waals surface area contributed by atoms with Crippen molar-refractivity contribution in [2.75, 3.05) is 4.72 Å². The third kappa shape index (κ3) is 2.90. The number of aromatic nitrogens is 2. The van der Waals surface area contributed by atoms with Crippen LogP contribution in [-0.4, -0.2) is 23.3 Å². The molecule has 0 bridgehead atoms. The fourth-order valence-electron chi connectivity index (χ4n) is 1.36. The molecule has 0 amide bonds. The van der Waals surface area contributed by atoms with Crippen molar-refractivity contribution in [3.05, 3.63) is 45.2 Å². The SMILES string of the molecule is O=[N+]([O-])c1ccc(Br)cc1S(=O)(=O)Nc1ncc[nH]1. The Morgan fingerprint density at radius 3 is 2.74 bits per heavy atom. The van der Waals surface area contributed by atoms with E-state index in [0.717, 1.165) is 12.1 Å². The van der Waals surface area contributed by atoms with Crippen LogP contribution in [0.4, 0.5) is 11.6 Å². The van der Waals surface area contributed by atoms with Gasteiger partial charge in [-0.25, -0.2) is 18.1 Å². The van der Waals surface area contributed by atoms with E-state index in [-0.39, 0.29) is 5.95 Å². The van der Waals surface area contributed by atoms with Crippen LogP contribution in [0.25, 0.3) is 0 Å². The fourth-order valence-corrected chi connectivity index (χ4v) is 3.05. The van der Waals surface area contributed by atoms with Crippen LogP contribution >= 0.6 is 15.9 Å². The molecule has 10 heteroatoms. The van der Waals surface area contributed by atoms with Crippen LogP contribution in [-0.2, 0) is 10.0 Å². The van der Waals surface area contributed by atoms with E-state index in [2.05, 4.69) is 30.6 Å². The number of sulfonamides is 1. The number of rotatable bonds is 4. The van der Waals surface area contributed by atoms with Gasteiger partial charge in [0.2, 0.25) is 5.95 Å². The van der Waals surface area contributed by atoms with Gasteiger partial charge in [-0.3, -0.25) is 10.1 Å². The topological polar surface area (TPSA) is 118 Å². The van der Waals surface area contributed by atoms with E-state index in [1.54, 1.807) is 0 Å².